The molecule has 146 valence electrons. The Morgan fingerprint density at radius 3 is 2.57 bits per heavy atom. The zero-order chi connectivity index (χ0) is 20.1. The third-order valence-corrected chi connectivity index (χ3v) is 5.24. The highest BCUT2D eigenvalue weighted by Gasteiger charge is 2.33. The average Bonchev–Trinajstić information content (AvgIpc) is 3.08. The van der Waals surface area contributed by atoms with E-state index in [2.05, 4.69) is 10.3 Å². The Balaban J connectivity index is 1.59. The number of benzene rings is 2. The number of nitrogens with one attached hydrogen (secondary N) is 1. The van der Waals surface area contributed by atoms with Crippen molar-refractivity contribution >= 4 is 34.0 Å². The molecule has 0 radical (unpaired) electrons. The maximum atomic E-state index is 13.0. The second-order valence-electron chi connectivity index (χ2n) is 6.15. The Kier molecular flexibility index (Phi) is 6.36. The van der Waals surface area contributed by atoms with Crippen LogP contribution in [0.1, 0.15) is 28.0 Å². The van der Waals surface area contributed by atoms with Gasteiger partial charge in [0.15, 0.2) is 5.13 Å². The fraction of sp³-hybridized carbons (Fsp3) is 0.200. The number of carbonyl (C=O) groups is 1. The minimum atomic E-state index is -4.50. The fourth-order valence-electron chi connectivity index (χ4n) is 2.63. The van der Waals surface area contributed by atoms with E-state index in [9.17, 15) is 18.0 Å². The van der Waals surface area contributed by atoms with Crippen molar-refractivity contribution in [1.29, 1.82) is 0 Å². The summed E-state index contributed by atoms with van der Waals surface area (Å²) in [7, 11) is 0. The largest absolute Gasteiger partial charge is 0.417 e. The summed E-state index contributed by atoms with van der Waals surface area (Å²) in [6.45, 7) is 0. The number of aromatic nitrogens is 1. The molecule has 0 atom stereocenters. The number of hydrogen-bond donors (Lipinski definition) is 1. The van der Waals surface area contributed by atoms with Crippen LogP contribution in [-0.2, 0) is 23.8 Å². The molecular formula is C20H16ClF3N2OS. The minimum absolute atomic E-state index is 0.157. The normalized spacial score (nSPS) is 11.4. The zero-order valence-corrected chi connectivity index (χ0v) is 16.2. The highest BCUT2D eigenvalue weighted by atomic mass is 35.5. The Morgan fingerprint density at radius 1 is 1.11 bits per heavy atom. The van der Waals surface area contributed by atoms with E-state index in [1.165, 1.54) is 17.4 Å². The first-order chi connectivity index (χ1) is 13.3. The van der Waals surface area contributed by atoms with Gasteiger partial charge in [-0.25, -0.2) is 4.98 Å². The van der Waals surface area contributed by atoms with Gasteiger partial charge in [0.1, 0.15) is 0 Å². The second-order valence-corrected chi connectivity index (χ2v) is 7.68. The standard InChI is InChI=1S/C20H16ClF3N2OS/c21-17-8-6-14(11-16(17)20(22,23)24)10-15-12-25-19(28-15)26-18(27)9-7-13-4-2-1-3-5-13/h1-6,8,11-12H,7,9-10H2,(H,25,26,27). The van der Waals surface area contributed by atoms with Gasteiger partial charge in [-0.05, 0) is 29.7 Å². The number of nitrogens with zero attached hydrogens (tertiary/aromatic N) is 1. The third-order valence-electron chi connectivity index (χ3n) is 4.00. The van der Waals surface area contributed by atoms with Crippen molar-refractivity contribution in [2.75, 3.05) is 5.32 Å². The molecule has 0 aliphatic rings. The van der Waals surface area contributed by atoms with E-state index in [4.69, 9.17) is 11.6 Å². The van der Waals surface area contributed by atoms with Crippen LogP contribution in [-0.4, -0.2) is 10.9 Å². The maximum absolute atomic E-state index is 13.0. The average molecular weight is 425 g/mol. The molecule has 3 rings (SSSR count). The molecule has 0 spiro atoms. The SMILES string of the molecule is O=C(CCc1ccccc1)Nc1ncc(Cc2ccc(Cl)c(C(F)(F)F)c2)s1. The minimum Gasteiger partial charge on any atom is -0.302 e. The van der Waals surface area contributed by atoms with E-state index in [0.717, 1.165) is 16.5 Å². The van der Waals surface area contributed by atoms with Crippen molar-refractivity contribution in [1.82, 2.24) is 4.98 Å². The third kappa shape index (κ3) is 5.56. The lowest BCUT2D eigenvalue weighted by atomic mass is 10.1. The second kappa shape index (κ2) is 8.75. The molecule has 2 aromatic carbocycles. The van der Waals surface area contributed by atoms with Crippen LogP contribution >= 0.6 is 22.9 Å². The first-order valence-corrected chi connectivity index (χ1v) is 9.65. The molecule has 0 fully saturated rings. The highest BCUT2D eigenvalue weighted by Crippen LogP contribution is 2.35. The number of aryl methyl sites for hydroxylation is 1. The van der Waals surface area contributed by atoms with E-state index in [1.54, 1.807) is 12.3 Å². The summed E-state index contributed by atoms with van der Waals surface area (Å²) < 4.78 is 38.9. The number of alkyl halides is 3. The highest BCUT2D eigenvalue weighted by molar-refractivity contribution is 7.15. The van der Waals surface area contributed by atoms with Gasteiger partial charge in [0.25, 0.3) is 0 Å². The lowest BCUT2D eigenvalue weighted by Crippen LogP contribution is -2.11. The summed E-state index contributed by atoms with van der Waals surface area (Å²) in [4.78, 5) is 16.9. The Bertz CT molecular complexity index is 958. The molecule has 0 aliphatic carbocycles. The summed E-state index contributed by atoms with van der Waals surface area (Å²) in [6.07, 6.45) is -1.73. The number of halogens is 4. The van der Waals surface area contributed by atoms with Crippen LogP contribution in [0.15, 0.2) is 54.7 Å². The fourth-order valence-corrected chi connectivity index (χ4v) is 3.72. The van der Waals surface area contributed by atoms with E-state index in [-0.39, 0.29) is 17.4 Å². The van der Waals surface area contributed by atoms with E-state index < -0.39 is 11.7 Å². The topological polar surface area (TPSA) is 42.0 Å². The zero-order valence-electron chi connectivity index (χ0n) is 14.6. The van der Waals surface area contributed by atoms with Gasteiger partial charge in [-0.15, -0.1) is 11.3 Å². The van der Waals surface area contributed by atoms with E-state index >= 15 is 0 Å². The molecule has 3 aromatic rings. The van der Waals surface area contributed by atoms with Gasteiger partial charge >= 0.3 is 6.18 Å². The van der Waals surface area contributed by atoms with Gasteiger partial charge < -0.3 is 5.32 Å². The molecule has 0 aliphatic heterocycles. The van der Waals surface area contributed by atoms with Gasteiger partial charge in [-0.1, -0.05) is 48.0 Å². The molecule has 0 saturated carbocycles. The summed E-state index contributed by atoms with van der Waals surface area (Å²) in [5, 5.41) is 2.83. The number of amides is 1. The smallest absolute Gasteiger partial charge is 0.302 e. The van der Waals surface area contributed by atoms with Crippen LogP contribution in [0.2, 0.25) is 5.02 Å². The van der Waals surface area contributed by atoms with Crippen LogP contribution in [0.5, 0.6) is 0 Å². The first-order valence-electron chi connectivity index (χ1n) is 8.45. The monoisotopic (exact) mass is 424 g/mol. The van der Waals surface area contributed by atoms with Crippen LogP contribution in [0.4, 0.5) is 18.3 Å². The molecule has 0 unspecified atom stereocenters. The van der Waals surface area contributed by atoms with Gasteiger partial charge in [0.05, 0.1) is 10.6 Å². The molecule has 3 nitrogen and oxygen atoms in total. The molecule has 1 aromatic heterocycles. The van der Waals surface area contributed by atoms with E-state index in [0.29, 0.717) is 23.5 Å². The molecule has 28 heavy (non-hydrogen) atoms. The molecular weight excluding hydrogens is 409 g/mol. The van der Waals surface area contributed by atoms with Crippen molar-refractivity contribution in [3.63, 3.8) is 0 Å². The summed E-state index contributed by atoms with van der Waals surface area (Å²) >= 11 is 6.88. The Morgan fingerprint density at radius 2 is 1.86 bits per heavy atom. The van der Waals surface area contributed by atoms with Crippen molar-refractivity contribution in [2.24, 2.45) is 0 Å². The Labute approximate surface area is 169 Å². The molecule has 0 bridgehead atoms. The van der Waals surface area contributed by atoms with Crippen LogP contribution in [0, 0.1) is 0 Å². The number of anilines is 1. The first kappa shape index (κ1) is 20.4. The van der Waals surface area contributed by atoms with Crippen LogP contribution in [0.25, 0.3) is 0 Å². The van der Waals surface area contributed by atoms with Gasteiger partial charge in [-0.2, -0.15) is 13.2 Å². The number of rotatable bonds is 6. The molecule has 0 saturated heterocycles. The predicted molar refractivity (Wildman–Crippen MR) is 105 cm³/mol. The Hall–Kier alpha value is -2.38. The molecule has 1 amide bonds. The van der Waals surface area contributed by atoms with Crippen molar-refractivity contribution in [2.45, 2.75) is 25.4 Å². The number of hydrogen-bond acceptors (Lipinski definition) is 3. The molecule has 8 heteroatoms. The van der Waals surface area contributed by atoms with Gasteiger partial charge in [-0.3, -0.25) is 4.79 Å². The van der Waals surface area contributed by atoms with Crippen LogP contribution < -0.4 is 5.32 Å². The van der Waals surface area contributed by atoms with Crippen LogP contribution in [0.3, 0.4) is 0 Å². The lowest BCUT2D eigenvalue weighted by molar-refractivity contribution is -0.137. The van der Waals surface area contributed by atoms with Crippen molar-refractivity contribution in [3.05, 3.63) is 81.3 Å². The molecule has 1 N–H and O–H groups in total. The predicted octanol–water partition coefficient (Wildman–Crippen LogP) is 5.98. The maximum Gasteiger partial charge on any atom is 0.417 e. The van der Waals surface area contributed by atoms with Crippen molar-refractivity contribution in [3.8, 4) is 0 Å². The number of carbonyl (C=O) groups excluding carboxylic acids is 1. The van der Waals surface area contributed by atoms with Crippen molar-refractivity contribution < 1.29 is 18.0 Å². The quantitative estimate of drug-likeness (QED) is 0.529. The summed E-state index contributed by atoms with van der Waals surface area (Å²) in [6, 6.07) is 13.5. The lowest BCUT2D eigenvalue weighted by Gasteiger charge is -2.10. The van der Waals surface area contributed by atoms with E-state index in [1.807, 2.05) is 30.3 Å². The molecule has 1 heterocycles. The van der Waals surface area contributed by atoms with Gasteiger partial charge in [0.2, 0.25) is 5.91 Å². The van der Waals surface area contributed by atoms with Gasteiger partial charge in [0, 0.05) is 23.9 Å². The number of thiazole rings is 1. The summed E-state index contributed by atoms with van der Waals surface area (Å²) in [5.74, 6) is -0.157. The summed E-state index contributed by atoms with van der Waals surface area (Å²) in [5.41, 5.74) is 0.689.